The van der Waals surface area contributed by atoms with Crippen LogP contribution in [0.25, 0.3) is 0 Å². The summed E-state index contributed by atoms with van der Waals surface area (Å²) >= 11 is 0. The molecular formula is C39H77NO10. The lowest BCUT2D eigenvalue weighted by atomic mass is 9.99. The van der Waals surface area contributed by atoms with E-state index in [0.29, 0.717) is 12.8 Å². The normalized spacial score (nSPS) is 23.4. The molecule has 0 aromatic rings. The molecule has 0 radical (unpaired) electrons. The fourth-order valence-corrected chi connectivity index (χ4v) is 6.66. The van der Waals surface area contributed by atoms with Gasteiger partial charge in [0, 0.05) is 0 Å². The number of carbonyl (C=O) groups is 1. The lowest BCUT2D eigenvalue weighted by Crippen LogP contribution is -2.60. The Morgan fingerprint density at radius 3 is 1.50 bits per heavy atom. The SMILES string of the molecule is CCCCCCCCCCCCCCCCCCCCCCCC(O)C(=O)NC(COC1OC(CO)C(O)C(O)C1O)C(O)C(O)CCCC. The number of rotatable bonds is 33. The van der Waals surface area contributed by atoms with Gasteiger partial charge in [0.2, 0.25) is 5.91 Å². The lowest BCUT2D eigenvalue weighted by molar-refractivity contribution is -0.303. The first-order valence-electron chi connectivity index (χ1n) is 20.4. The third-order valence-corrected chi connectivity index (χ3v) is 10.2. The van der Waals surface area contributed by atoms with Gasteiger partial charge in [0.15, 0.2) is 6.29 Å². The summed E-state index contributed by atoms with van der Waals surface area (Å²) in [5.41, 5.74) is 0. The molecule has 0 aromatic carbocycles. The van der Waals surface area contributed by atoms with Crippen molar-refractivity contribution >= 4 is 5.91 Å². The number of nitrogens with one attached hydrogen (secondary N) is 1. The number of hydrogen-bond acceptors (Lipinski definition) is 10. The van der Waals surface area contributed by atoms with E-state index in [1.54, 1.807) is 0 Å². The average molecular weight is 720 g/mol. The Labute approximate surface area is 303 Å². The number of aliphatic hydroxyl groups is 7. The summed E-state index contributed by atoms with van der Waals surface area (Å²) in [6.07, 6.45) is 17.5. The largest absolute Gasteiger partial charge is 0.394 e. The Balaban J connectivity index is 2.22. The second-order valence-corrected chi connectivity index (χ2v) is 14.7. The van der Waals surface area contributed by atoms with Gasteiger partial charge in [0.05, 0.1) is 25.4 Å². The number of amides is 1. The molecular weight excluding hydrogens is 642 g/mol. The third-order valence-electron chi connectivity index (χ3n) is 10.2. The van der Waals surface area contributed by atoms with Crippen LogP contribution in [-0.2, 0) is 14.3 Å². The Morgan fingerprint density at radius 2 is 1.06 bits per heavy atom. The molecule has 8 N–H and O–H groups in total. The van der Waals surface area contributed by atoms with Gasteiger partial charge in [0.1, 0.15) is 36.6 Å². The fourth-order valence-electron chi connectivity index (χ4n) is 6.66. The molecule has 11 heteroatoms. The summed E-state index contributed by atoms with van der Waals surface area (Å²) in [7, 11) is 0. The number of carbonyl (C=O) groups excluding carboxylic acids is 1. The van der Waals surface area contributed by atoms with Gasteiger partial charge >= 0.3 is 0 Å². The minimum atomic E-state index is -1.65. The van der Waals surface area contributed by atoms with E-state index in [9.17, 15) is 40.5 Å². The highest BCUT2D eigenvalue weighted by molar-refractivity contribution is 5.80. The zero-order valence-corrected chi connectivity index (χ0v) is 31.6. The highest BCUT2D eigenvalue weighted by Crippen LogP contribution is 2.23. The summed E-state index contributed by atoms with van der Waals surface area (Å²) in [6, 6.07) is -1.16. The standard InChI is InChI=1S/C39H77NO10/c1-3-5-7-8-9-10-11-12-13-14-15-16-17-18-19-20-21-22-23-24-25-27-32(43)38(48)40-30(34(44)31(42)26-6-4-2)29-49-39-37(47)36(46)35(45)33(28-41)50-39/h30-37,39,41-47H,3-29H2,1-2H3,(H,40,48). The zero-order valence-electron chi connectivity index (χ0n) is 31.6. The van der Waals surface area contributed by atoms with Crippen LogP contribution in [0.1, 0.15) is 174 Å². The second kappa shape index (κ2) is 30.6. The first-order chi connectivity index (χ1) is 24.2. The second-order valence-electron chi connectivity index (χ2n) is 14.7. The van der Waals surface area contributed by atoms with Crippen molar-refractivity contribution < 1.29 is 50.0 Å². The van der Waals surface area contributed by atoms with Gasteiger partial charge in [-0.05, 0) is 12.8 Å². The summed E-state index contributed by atoms with van der Waals surface area (Å²) in [5.74, 6) is -0.706. The molecule has 1 heterocycles. The first kappa shape index (κ1) is 47.1. The molecule has 11 nitrogen and oxygen atoms in total. The van der Waals surface area contributed by atoms with Gasteiger partial charge in [-0.25, -0.2) is 0 Å². The molecule has 0 bridgehead atoms. The van der Waals surface area contributed by atoms with Crippen molar-refractivity contribution in [3.05, 3.63) is 0 Å². The summed E-state index contributed by atoms with van der Waals surface area (Å²) in [6.45, 7) is 3.16. The van der Waals surface area contributed by atoms with E-state index in [0.717, 1.165) is 25.7 Å². The minimum Gasteiger partial charge on any atom is -0.394 e. The molecule has 1 amide bonds. The van der Waals surface area contributed by atoms with Crippen LogP contribution < -0.4 is 5.32 Å². The van der Waals surface area contributed by atoms with Crippen LogP contribution in [0, 0.1) is 0 Å². The maximum atomic E-state index is 12.8. The first-order valence-corrected chi connectivity index (χ1v) is 20.4. The predicted molar refractivity (Wildman–Crippen MR) is 196 cm³/mol. The number of ether oxygens (including phenoxy) is 2. The number of unbranched alkanes of at least 4 members (excludes halogenated alkanes) is 21. The third kappa shape index (κ3) is 21.0. The van der Waals surface area contributed by atoms with Crippen LogP contribution in [0.4, 0.5) is 0 Å². The average Bonchev–Trinajstić information content (AvgIpc) is 3.12. The van der Waals surface area contributed by atoms with Crippen LogP contribution in [0.5, 0.6) is 0 Å². The van der Waals surface area contributed by atoms with E-state index >= 15 is 0 Å². The van der Waals surface area contributed by atoms with Gasteiger partial charge in [-0.2, -0.15) is 0 Å². The summed E-state index contributed by atoms with van der Waals surface area (Å²) < 4.78 is 10.9. The van der Waals surface area contributed by atoms with Crippen molar-refractivity contribution in [2.24, 2.45) is 0 Å². The Hall–Kier alpha value is -0.890. The molecule has 0 aromatic heterocycles. The van der Waals surface area contributed by atoms with E-state index in [1.807, 2.05) is 6.92 Å². The van der Waals surface area contributed by atoms with E-state index in [2.05, 4.69) is 12.2 Å². The number of hydrogen-bond donors (Lipinski definition) is 8. The van der Waals surface area contributed by atoms with Gasteiger partial charge in [-0.15, -0.1) is 0 Å². The highest BCUT2D eigenvalue weighted by atomic mass is 16.7. The molecule has 50 heavy (non-hydrogen) atoms. The van der Waals surface area contributed by atoms with Crippen molar-refractivity contribution in [3.8, 4) is 0 Å². The molecule has 9 atom stereocenters. The molecule has 0 spiro atoms. The van der Waals surface area contributed by atoms with Crippen LogP contribution in [0.15, 0.2) is 0 Å². The van der Waals surface area contributed by atoms with E-state index in [1.165, 1.54) is 109 Å². The topological polar surface area (TPSA) is 189 Å². The van der Waals surface area contributed by atoms with Crippen molar-refractivity contribution in [1.82, 2.24) is 5.32 Å². The van der Waals surface area contributed by atoms with Crippen molar-refractivity contribution in [3.63, 3.8) is 0 Å². The molecule has 1 fully saturated rings. The smallest absolute Gasteiger partial charge is 0.249 e. The molecule has 1 saturated heterocycles. The molecule has 0 saturated carbocycles. The summed E-state index contributed by atoms with van der Waals surface area (Å²) in [4.78, 5) is 12.8. The molecule has 298 valence electrons. The Kier molecular flexibility index (Phi) is 28.8. The quantitative estimate of drug-likeness (QED) is 0.0421. The van der Waals surface area contributed by atoms with Gasteiger partial charge in [-0.1, -0.05) is 162 Å². The Bertz CT molecular complexity index is 790. The monoisotopic (exact) mass is 720 g/mol. The predicted octanol–water partition coefficient (Wildman–Crippen LogP) is 5.16. The van der Waals surface area contributed by atoms with Gasteiger partial charge < -0.3 is 50.5 Å². The van der Waals surface area contributed by atoms with Crippen LogP contribution in [-0.4, -0.2) is 110 Å². The maximum absolute atomic E-state index is 12.8. The van der Waals surface area contributed by atoms with Crippen LogP contribution >= 0.6 is 0 Å². The van der Waals surface area contributed by atoms with Crippen molar-refractivity contribution in [1.29, 1.82) is 0 Å². The highest BCUT2D eigenvalue weighted by Gasteiger charge is 2.44. The molecule has 1 aliphatic rings. The molecule has 9 unspecified atom stereocenters. The van der Waals surface area contributed by atoms with Gasteiger partial charge in [0.25, 0.3) is 0 Å². The van der Waals surface area contributed by atoms with E-state index in [-0.39, 0.29) is 12.8 Å². The zero-order chi connectivity index (χ0) is 37.0. The lowest BCUT2D eigenvalue weighted by Gasteiger charge is -2.40. The van der Waals surface area contributed by atoms with Crippen LogP contribution in [0.2, 0.25) is 0 Å². The minimum absolute atomic E-state index is 0.264. The van der Waals surface area contributed by atoms with Crippen molar-refractivity contribution in [2.75, 3.05) is 13.2 Å². The Morgan fingerprint density at radius 1 is 0.620 bits per heavy atom. The fraction of sp³-hybridized carbons (Fsp3) is 0.974. The maximum Gasteiger partial charge on any atom is 0.249 e. The van der Waals surface area contributed by atoms with E-state index in [4.69, 9.17) is 9.47 Å². The molecule has 0 aliphatic carbocycles. The summed E-state index contributed by atoms with van der Waals surface area (Å²) in [5, 5.41) is 74.2. The van der Waals surface area contributed by atoms with Crippen molar-refractivity contribution in [2.45, 2.75) is 229 Å². The van der Waals surface area contributed by atoms with E-state index < -0.39 is 74.2 Å². The van der Waals surface area contributed by atoms with Crippen LogP contribution in [0.3, 0.4) is 0 Å². The molecule has 1 aliphatic heterocycles. The van der Waals surface area contributed by atoms with Gasteiger partial charge in [-0.3, -0.25) is 4.79 Å². The molecule has 1 rings (SSSR count). The number of aliphatic hydroxyl groups excluding tert-OH is 7.